The highest BCUT2D eigenvalue weighted by Gasteiger charge is 2.16. The summed E-state index contributed by atoms with van der Waals surface area (Å²) in [5.74, 6) is 0.727. The highest BCUT2D eigenvalue weighted by molar-refractivity contribution is 5.81. The molecule has 0 bridgehead atoms. The van der Waals surface area contributed by atoms with Crippen LogP contribution < -0.4 is 14.8 Å². The van der Waals surface area contributed by atoms with E-state index in [-0.39, 0.29) is 18.6 Å². The molecule has 0 spiro atoms. The molecule has 1 aliphatic heterocycles. The van der Waals surface area contributed by atoms with E-state index in [9.17, 15) is 9.59 Å². The van der Waals surface area contributed by atoms with E-state index in [1.54, 1.807) is 18.2 Å². The lowest BCUT2D eigenvalue weighted by molar-refractivity contribution is -0.123. The van der Waals surface area contributed by atoms with Crippen molar-refractivity contribution in [3.63, 3.8) is 0 Å². The van der Waals surface area contributed by atoms with Crippen LogP contribution >= 0.6 is 0 Å². The van der Waals surface area contributed by atoms with Crippen molar-refractivity contribution in [3.05, 3.63) is 23.8 Å². The quantitative estimate of drug-likeness (QED) is 0.704. The van der Waals surface area contributed by atoms with Gasteiger partial charge in [0.25, 0.3) is 5.91 Å². The first kappa shape index (κ1) is 17.3. The molecule has 1 amide bonds. The Bertz CT molecular complexity index is 526. The molecule has 23 heavy (non-hydrogen) atoms. The van der Waals surface area contributed by atoms with E-state index in [1.165, 1.54) is 0 Å². The zero-order valence-corrected chi connectivity index (χ0v) is 13.4. The highest BCUT2D eigenvalue weighted by atomic mass is 16.5. The summed E-state index contributed by atoms with van der Waals surface area (Å²) in [5, 5.41) is 2.77. The number of hydrogen-bond donors (Lipinski definition) is 1. The summed E-state index contributed by atoms with van der Waals surface area (Å²) in [4.78, 5) is 22.9. The third-order valence-electron chi connectivity index (χ3n) is 3.49. The maximum Gasteiger partial charge on any atom is 0.258 e. The molecule has 1 unspecified atom stereocenters. The topological polar surface area (TPSA) is 73.9 Å². The van der Waals surface area contributed by atoms with Gasteiger partial charge in [-0.15, -0.1) is 0 Å². The van der Waals surface area contributed by atoms with Gasteiger partial charge in [0, 0.05) is 19.2 Å². The van der Waals surface area contributed by atoms with E-state index in [0.29, 0.717) is 36.5 Å². The summed E-state index contributed by atoms with van der Waals surface area (Å²) >= 11 is 0. The van der Waals surface area contributed by atoms with E-state index in [2.05, 4.69) is 5.32 Å². The van der Waals surface area contributed by atoms with Crippen LogP contribution in [0.15, 0.2) is 18.2 Å². The van der Waals surface area contributed by atoms with Crippen LogP contribution in [0.2, 0.25) is 0 Å². The van der Waals surface area contributed by atoms with E-state index in [1.807, 2.05) is 6.92 Å². The van der Waals surface area contributed by atoms with Gasteiger partial charge in [0.05, 0.1) is 18.3 Å². The molecule has 1 fully saturated rings. The smallest absolute Gasteiger partial charge is 0.258 e. The molecule has 126 valence electrons. The second kappa shape index (κ2) is 9.15. The van der Waals surface area contributed by atoms with Gasteiger partial charge in [0.15, 0.2) is 12.9 Å². The molecule has 2 rings (SSSR count). The lowest BCUT2D eigenvalue weighted by atomic mass is 10.2. The molecule has 0 radical (unpaired) electrons. The predicted molar refractivity (Wildman–Crippen MR) is 85.1 cm³/mol. The van der Waals surface area contributed by atoms with Gasteiger partial charge in [-0.05, 0) is 31.4 Å². The zero-order valence-electron chi connectivity index (χ0n) is 13.4. The summed E-state index contributed by atoms with van der Waals surface area (Å²) in [5.41, 5.74) is 0.390. The number of aldehydes is 1. The summed E-state index contributed by atoms with van der Waals surface area (Å²) in [6.45, 7) is 3.69. The number of amides is 1. The SMILES string of the molecule is CCCOc1ccc(C=O)c(OCC(=O)NCC2CCCO2)c1. The van der Waals surface area contributed by atoms with Crippen molar-refractivity contribution in [2.45, 2.75) is 32.3 Å². The van der Waals surface area contributed by atoms with Gasteiger partial charge in [-0.2, -0.15) is 0 Å². The molecule has 1 atom stereocenters. The van der Waals surface area contributed by atoms with E-state index >= 15 is 0 Å². The fourth-order valence-electron chi connectivity index (χ4n) is 2.27. The molecule has 1 saturated heterocycles. The number of hydrogen-bond acceptors (Lipinski definition) is 5. The van der Waals surface area contributed by atoms with Gasteiger partial charge >= 0.3 is 0 Å². The Morgan fingerprint density at radius 3 is 3.00 bits per heavy atom. The van der Waals surface area contributed by atoms with Crippen molar-refractivity contribution in [2.24, 2.45) is 0 Å². The fraction of sp³-hybridized carbons (Fsp3) is 0.529. The third-order valence-corrected chi connectivity index (χ3v) is 3.49. The van der Waals surface area contributed by atoms with Crippen LogP contribution in [0.25, 0.3) is 0 Å². The molecule has 6 heteroatoms. The van der Waals surface area contributed by atoms with Crippen LogP contribution in [0.1, 0.15) is 36.5 Å². The number of carbonyl (C=O) groups excluding carboxylic acids is 2. The molecule has 1 aliphatic rings. The second-order valence-corrected chi connectivity index (χ2v) is 5.39. The minimum absolute atomic E-state index is 0.0928. The maximum absolute atomic E-state index is 11.8. The van der Waals surface area contributed by atoms with Gasteiger partial charge in [-0.25, -0.2) is 0 Å². The maximum atomic E-state index is 11.8. The van der Waals surface area contributed by atoms with E-state index in [0.717, 1.165) is 25.9 Å². The average Bonchev–Trinajstić information content (AvgIpc) is 3.09. The Labute approximate surface area is 136 Å². The lowest BCUT2D eigenvalue weighted by Gasteiger charge is -2.13. The number of carbonyl (C=O) groups is 2. The largest absolute Gasteiger partial charge is 0.493 e. The van der Waals surface area contributed by atoms with Gasteiger partial charge in [-0.1, -0.05) is 6.92 Å². The Morgan fingerprint density at radius 1 is 1.43 bits per heavy atom. The lowest BCUT2D eigenvalue weighted by Crippen LogP contribution is -2.35. The van der Waals surface area contributed by atoms with Crippen molar-refractivity contribution in [1.82, 2.24) is 5.32 Å². The zero-order chi connectivity index (χ0) is 16.5. The van der Waals surface area contributed by atoms with Crippen LogP contribution in [0.5, 0.6) is 11.5 Å². The van der Waals surface area contributed by atoms with Crippen molar-refractivity contribution in [2.75, 3.05) is 26.4 Å². The van der Waals surface area contributed by atoms with Crippen molar-refractivity contribution >= 4 is 12.2 Å². The van der Waals surface area contributed by atoms with E-state index < -0.39 is 0 Å². The van der Waals surface area contributed by atoms with Crippen LogP contribution in [-0.2, 0) is 9.53 Å². The highest BCUT2D eigenvalue weighted by Crippen LogP contribution is 2.24. The third kappa shape index (κ3) is 5.56. The van der Waals surface area contributed by atoms with Gasteiger partial charge in [-0.3, -0.25) is 9.59 Å². The molecular weight excluding hydrogens is 298 g/mol. The summed E-state index contributed by atoms with van der Waals surface area (Å²) < 4.78 is 16.4. The number of rotatable bonds is 9. The van der Waals surface area contributed by atoms with Crippen molar-refractivity contribution in [3.8, 4) is 11.5 Å². The number of ether oxygens (including phenoxy) is 3. The van der Waals surface area contributed by atoms with Crippen LogP contribution in [0, 0.1) is 0 Å². The van der Waals surface area contributed by atoms with Crippen LogP contribution in [0.3, 0.4) is 0 Å². The summed E-state index contributed by atoms with van der Waals surface area (Å²) in [6.07, 6.45) is 3.67. The van der Waals surface area contributed by atoms with Crippen molar-refractivity contribution in [1.29, 1.82) is 0 Å². The first-order valence-electron chi connectivity index (χ1n) is 7.96. The van der Waals surface area contributed by atoms with Gasteiger partial charge in [0.2, 0.25) is 0 Å². The van der Waals surface area contributed by atoms with E-state index in [4.69, 9.17) is 14.2 Å². The molecule has 1 N–H and O–H groups in total. The minimum Gasteiger partial charge on any atom is -0.493 e. The Kier molecular flexibility index (Phi) is 6.87. The number of benzene rings is 1. The predicted octanol–water partition coefficient (Wildman–Crippen LogP) is 1.96. The molecule has 0 aromatic heterocycles. The van der Waals surface area contributed by atoms with Crippen LogP contribution in [-0.4, -0.2) is 44.7 Å². The number of nitrogens with one attached hydrogen (secondary N) is 1. The normalized spacial score (nSPS) is 16.8. The van der Waals surface area contributed by atoms with Crippen LogP contribution in [0.4, 0.5) is 0 Å². The summed E-state index contributed by atoms with van der Waals surface area (Å²) in [6, 6.07) is 4.97. The molecule has 0 saturated carbocycles. The van der Waals surface area contributed by atoms with Crippen molar-refractivity contribution < 1.29 is 23.8 Å². The monoisotopic (exact) mass is 321 g/mol. The summed E-state index contributed by atoms with van der Waals surface area (Å²) in [7, 11) is 0. The standard InChI is InChI=1S/C17H23NO5/c1-2-7-21-14-6-5-13(11-19)16(9-14)23-12-17(20)18-10-15-4-3-8-22-15/h5-6,9,11,15H,2-4,7-8,10,12H2,1H3,(H,18,20). The molecule has 1 aromatic carbocycles. The average molecular weight is 321 g/mol. The minimum atomic E-state index is -0.239. The van der Waals surface area contributed by atoms with Gasteiger partial charge < -0.3 is 19.5 Å². The first-order valence-corrected chi connectivity index (χ1v) is 7.96. The molecule has 0 aliphatic carbocycles. The fourth-order valence-corrected chi connectivity index (χ4v) is 2.27. The molecular formula is C17H23NO5. The first-order chi connectivity index (χ1) is 11.2. The Hall–Kier alpha value is -2.08. The molecule has 1 heterocycles. The second-order valence-electron chi connectivity index (χ2n) is 5.39. The molecule has 6 nitrogen and oxygen atoms in total. The Balaban J connectivity index is 1.84. The molecule has 1 aromatic rings. The van der Waals surface area contributed by atoms with Gasteiger partial charge in [0.1, 0.15) is 11.5 Å². The Morgan fingerprint density at radius 2 is 2.30 bits per heavy atom.